The number of nitrogens with one attached hydrogen (secondary N) is 1. The Kier molecular flexibility index (Phi) is 2.92. The van der Waals surface area contributed by atoms with Gasteiger partial charge in [-0.1, -0.05) is 0 Å². The van der Waals surface area contributed by atoms with Crippen molar-refractivity contribution in [2.75, 3.05) is 5.32 Å². The Bertz CT molecular complexity index is 696. The summed E-state index contributed by atoms with van der Waals surface area (Å²) in [6.07, 6.45) is 6.29. The Morgan fingerprint density at radius 2 is 2.38 bits per heavy atom. The standard InChI is InChI=1S/C15H18N4O2/c1-9-4-5-19-13(6-9)17-18-15(19)16-14(20)8-10-7-11-2-3-12(10)21-11/h4-6,10-12H,2-3,7-8H2,1H3,(H,16,18,20). The van der Waals surface area contributed by atoms with Gasteiger partial charge in [-0.25, -0.2) is 0 Å². The van der Waals surface area contributed by atoms with Crippen LogP contribution in [0, 0.1) is 12.8 Å². The van der Waals surface area contributed by atoms with Gasteiger partial charge in [0.2, 0.25) is 11.9 Å². The topological polar surface area (TPSA) is 68.5 Å². The van der Waals surface area contributed by atoms with Crippen LogP contribution in [0.1, 0.15) is 31.2 Å². The molecular weight excluding hydrogens is 268 g/mol. The average molecular weight is 286 g/mol. The lowest BCUT2D eigenvalue weighted by atomic mass is 9.87. The summed E-state index contributed by atoms with van der Waals surface area (Å²) in [6, 6.07) is 3.90. The van der Waals surface area contributed by atoms with Gasteiger partial charge >= 0.3 is 0 Å². The first-order chi connectivity index (χ1) is 10.2. The monoisotopic (exact) mass is 286 g/mol. The minimum Gasteiger partial charge on any atom is -0.375 e. The van der Waals surface area contributed by atoms with Crippen molar-refractivity contribution < 1.29 is 9.53 Å². The number of ether oxygens (including phenoxy) is 1. The van der Waals surface area contributed by atoms with E-state index in [9.17, 15) is 4.79 Å². The van der Waals surface area contributed by atoms with Crippen LogP contribution in [0.2, 0.25) is 0 Å². The summed E-state index contributed by atoms with van der Waals surface area (Å²) in [5, 5.41) is 11.0. The number of nitrogens with zero attached hydrogens (tertiary/aromatic N) is 3. The Morgan fingerprint density at radius 1 is 1.48 bits per heavy atom. The molecule has 21 heavy (non-hydrogen) atoms. The van der Waals surface area contributed by atoms with Gasteiger partial charge in [0, 0.05) is 12.6 Å². The quantitative estimate of drug-likeness (QED) is 0.936. The molecule has 2 aromatic rings. The molecule has 0 saturated carbocycles. The number of anilines is 1. The van der Waals surface area contributed by atoms with Crippen LogP contribution in [0.25, 0.3) is 5.65 Å². The van der Waals surface area contributed by atoms with Gasteiger partial charge in [0.25, 0.3) is 0 Å². The number of hydrogen-bond acceptors (Lipinski definition) is 4. The van der Waals surface area contributed by atoms with E-state index in [2.05, 4.69) is 15.5 Å². The van der Waals surface area contributed by atoms with Crippen molar-refractivity contribution in [1.82, 2.24) is 14.6 Å². The van der Waals surface area contributed by atoms with Crippen LogP contribution in [-0.4, -0.2) is 32.7 Å². The first-order valence-corrected chi connectivity index (χ1v) is 7.46. The molecule has 3 unspecified atom stereocenters. The molecule has 0 radical (unpaired) electrons. The van der Waals surface area contributed by atoms with Gasteiger partial charge in [0.05, 0.1) is 12.2 Å². The van der Waals surface area contributed by atoms with Crippen LogP contribution in [0.4, 0.5) is 5.95 Å². The molecule has 1 amide bonds. The molecule has 2 aliphatic heterocycles. The summed E-state index contributed by atoms with van der Waals surface area (Å²) in [4.78, 5) is 12.2. The average Bonchev–Trinajstić information content (AvgIpc) is 3.14. The van der Waals surface area contributed by atoms with Gasteiger partial charge in [-0.2, -0.15) is 0 Å². The van der Waals surface area contributed by atoms with E-state index in [0.717, 1.165) is 30.5 Å². The van der Waals surface area contributed by atoms with Gasteiger partial charge < -0.3 is 4.74 Å². The first kappa shape index (κ1) is 12.8. The Labute approximate surface area is 122 Å². The third kappa shape index (κ3) is 2.29. The lowest BCUT2D eigenvalue weighted by Crippen LogP contribution is -2.24. The molecule has 1 N–H and O–H groups in total. The van der Waals surface area contributed by atoms with E-state index in [1.807, 2.05) is 25.3 Å². The summed E-state index contributed by atoms with van der Waals surface area (Å²) >= 11 is 0. The molecule has 2 fully saturated rings. The number of aromatic nitrogens is 3. The molecule has 4 rings (SSSR count). The van der Waals surface area contributed by atoms with Crippen molar-refractivity contribution >= 4 is 17.5 Å². The fourth-order valence-electron chi connectivity index (χ4n) is 3.45. The van der Waals surface area contributed by atoms with E-state index >= 15 is 0 Å². The third-order valence-corrected chi connectivity index (χ3v) is 4.50. The molecule has 3 atom stereocenters. The highest BCUT2D eigenvalue weighted by atomic mass is 16.5. The summed E-state index contributed by atoms with van der Waals surface area (Å²) in [7, 11) is 0. The van der Waals surface area contributed by atoms with Crippen molar-refractivity contribution in [3.63, 3.8) is 0 Å². The van der Waals surface area contributed by atoms with E-state index in [-0.39, 0.29) is 12.0 Å². The molecule has 4 heterocycles. The molecule has 110 valence electrons. The maximum absolute atomic E-state index is 12.2. The zero-order valence-electron chi connectivity index (χ0n) is 12.0. The van der Waals surface area contributed by atoms with Gasteiger partial charge in [0.15, 0.2) is 5.65 Å². The van der Waals surface area contributed by atoms with Gasteiger partial charge in [-0.3, -0.25) is 14.5 Å². The maximum atomic E-state index is 12.2. The fraction of sp³-hybridized carbons (Fsp3) is 0.533. The molecule has 2 bridgehead atoms. The summed E-state index contributed by atoms with van der Waals surface area (Å²) in [6.45, 7) is 2.00. The normalized spacial score (nSPS) is 27.4. The smallest absolute Gasteiger partial charge is 0.235 e. The summed E-state index contributed by atoms with van der Waals surface area (Å²) in [5.41, 5.74) is 1.86. The number of pyridine rings is 1. The molecule has 2 aromatic heterocycles. The molecule has 6 heteroatoms. The van der Waals surface area contributed by atoms with Crippen LogP contribution in [0.15, 0.2) is 18.3 Å². The minimum atomic E-state index is -0.00831. The Balaban J connectivity index is 1.46. The maximum Gasteiger partial charge on any atom is 0.235 e. The van der Waals surface area contributed by atoms with E-state index in [1.54, 1.807) is 4.40 Å². The SMILES string of the molecule is Cc1ccn2c(NC(=O)CC3CC4CCC3O4)nnc2c1. The fourth-order valence-corrected chi connectivity index (χ4v) is 3.45. The van der Waals surface area contributed by atoms with Crippen LogP contribution in [0.3, 0.4) is 0 Å². The van der Waals surface area contributed by atoms with Crippen LogP contribution < -0.4 is 5.32 Å². The lowest BCUT2D eigenvalue weighted by molar-refractivity contribution is -0.117. The molecular formula is C15H18N4O2. The van der Waals surface area contributed by atoms with Gasteiger partial charge in [0.1, 0.15) is 0 Å². The number of amides is 1. The van der Waals surface area contributed by atoms with Crippen molar-refractivity contribution in [2.24, 2.45) is 5.92 Å². The van der Waals surface area contributed by atoms with E-state index in [4.69, 9.17) is 4.74 Å². The Hall–Kier alpha value is -1.95. The van der Waals surface area contributed by atoms with Crippen LogP contribution in [-0.2, 0) is 9.53 Å². The zero-order chi connectivity index (χ0) is 14.4. The van der Waals surface area contributed by atoms with Crippen molar-refractivity contribution in [2.45, 2.75) is 44.8 Å². The zero-order valence-corrected chi connectivity index (χ0v) is 12.0. The van der Waals surface area contributed by atoms with Gasteiger partial charge in [-0.05, 0) is 49.8 Å². The number of aryl methyl sites for hydroxylation is 1. The van der Waals surface area contributed by atoms with E-state index in [1.165, 1.54) is 0 Å². The van der Waals surface area contributed by atoms with Crippen molar-refractivity contribution in [3.05, 3.63) is 23.9 Å². The second-order valence-electron chi connectivity index (χ2n) is 6.08. The number of hydrogen-bond donors (Lipinski definition) is 1. The highest BCUT2D eigenvalue weighted by Crippen LogP contribution is 2.40. The first-order valence-electron chi connectivity index (χ1n) is 7.46. The number of carbonyl (C=O) groups is 1. The number of fused-ring (bicyclic) bond motifs is 3. The van der Waals surface area contributed by atoms with Crippen molar-refractivity contribution in [1.29, 1.82) is 0 Å². The summed E-state index contributed by atoms with van der Waals surface area (Å²) < 4.78 is 7.59. The molecule has 2 aliphatic rings. The minimum absolute atomic E-state index is 0.00831. The van der Waals surface area contributed by atoms with Crippen LogP contribution in [0.5, 0.6) is 0 Å². The third-order valence-electron chi connectivity index (χ3n) is 4.50. The predicted octanol–water partition coefficient (Wildman–Crippen LogP) is 1.93. The van der Waals surface area contributed by atoms with Crippen molar-refractivity contribution in [3.8, 4) is 0 Å². The molecule has 0 aromatic carbocycles. The second-order valence-corrected chi connectivity index (χ2v) is 6.08. The van der Waals surface area contributed by atoms with Crippen LogP contribution >= 0.6 is 0 Å². The summed E-state index contributed by atoms with van der Waals surface area (Å²) in [5.74, 6) is 0.829. The van der Waals surface area contributed by atoms with Gasteiger partial charge in [-0.15, -0.1) is 10.2 Å². The van der Waals surface area contributed by atoms with E-state index < -0.39 is 0 Å². The molecule has 0 aliphatic carbocycles. The van der Waals surface area contributed by atoms with E-state index in [0.29, 0.717) is 24.4 Å². The predicted molar refractivity (Wildman–Crippen MR) is 77.0 cm³/mol. The highest BCUT2D eigenvalue weighted by molar-refractivity contribution is 5.89. The molecule has 2 saturated heterocycles. The number of carbonyl (C=O) groups excluding carboxylic acids is 1. The Morgan fingerprint density at radius 3 is 3.14 bits per heavy atom. The number of rotatable bonds is 3. The lowest BCUT2D eigenvalue weighted by Gasteiger charge is -2.17. The highest BCUT2D eigenvalue weighted by Gasteiger charge is 2.41. The second kappa shape index (κ2) is 4.80. The molecule has 0 spiro atoms. The molecule has 6 nitrogen and oxygen atoms in total. The largest absolute Gasteiger partial charge is 0.375 e.